The van der Waals surface area contributed by atoms with Gasteiger partial charge in [-0.15, -0.1) is 0 Å². The van der Waals surface area contributed by atoms with E-state index in [1.807, 2.05) is 12.1 Å². The summed E-state index contributed by atoms with van der Waals surface area (Å²) < 4.78 is 41.2. The molecular formula is C19H20FNO5S. The van der Waals surface area contributed by atoms with E-state index in [0.29, 0.717) is 11.5 Å². The van der Waals surface area contributed by atoms with Gasteiger partial charge in [-0.05, 0) is 36.1 Å². The van der Waals surface area contributed by atoms with Crippen molar-refractivity contribution in [1.82, 2.24) is 0 Å². The van der Waals surface area contributed by atoms with E-state index in [1.54, 1.807) is 12.1 Å². The summed E-state index contributed by atoms with van der Waals surface area (Å²) in [6.45, 7) is 3.54. The van der Waals surface area contributed by atoms with Crippen LogP contribution in [0.15, 0.2) is 47.4 Å². The normalized spacial score (nSPS) is 12.4. The quantitative estimate of drug-likeness (QED) is 0.575. The molecule has 0 aliphatic carbocycles. The Bertz CT molecular complexity index is 955. The third-order valence-electron chi connectivity index (χ3n) is 4.23. The number of ether oxygens (including phenoxy) is 1. The molecule has 0 fully saturated rings. The second kappa shape index (κ2) is 8.41. The zero-order valence-corrected chi connectivity index (χ0v) is 15.8. The van der Waals surface area contributed by atoms with E-state index in [-0.39, 0.29) is 0 Å². The second-order valence-electron chi connectivity index (χ2n) is 6.12. The lowest BCUT2D eigenvalue weighted by Crippen LogP contribution is -2.17. The Labute approximate surface area is 157 Å². The van der Waals surface area contributed by atoms with Gasteiger partial charge in [0.05, 0.1) is 10.5 Å². The number of Topliss-reactive ketones (excluding diaryl/α,β-unsaturated/α-hetero) is 1. The average Bonchev–Trinajstić information content (AvgIpc) is 2.64. The number of rotatable bonds is 7. The molecule has 0 aliphatic rings. The van der Waals surface area contributed by atoms with Crippen LogP contribution in [0.4, 0.5) is 4.39 Å². The topological polar surface area (TPSA) is 104 Å². The number of hydrogen-bond acceptors (Lipinski definition) is 5. The van der Waals surface area contributed by atoms with Crippen molar-refractivity contribution in [3.05, 3.63) is 65.0 Å². The molecule has 0 saturated heterocycles. The molecule has 2 rings (SSSR count). The van der Waals surface area contributed by atoms with Gasteiger partial charge in [0.1, 0.15) is 5.82 Å². The van der Waals surface area contributed by atoms with Crippen LogP contribution in [0.2, 0.25) is 0 Å². The predicted molar refractivity (Wildman–Crippen MR) is 97.5 cm³/mol. The van der Waals surface area contributed by atoms with Crippen LogP contribution in [0.3, 0.4) is 0 Å². The van der Waals surface area contributed by atoms with E-state index in [1.165, 1.54) is 0 Å². The molecule has 2 aromatic carbocycles. The SMILES string of the molecule is CC[C@@H](C)c1ccc(C(=O)COC(=O)c2cc(S(N)(=O)=O)ccc2F)cc1. The number of hydrogen-bond donors (Lipinski definition) is 1. The lowest BCUT2D eigenvalue weighted by molar-refractivity contribution is 0.0470. The highest BCUT2D eigenvalue weighted by molar-refractivity contribution is 7.89. The van der Waals surface area contributed by atoms with Gasteiger partial charge in [-0.3, -0.25) is 4.79 Å². The van der Waals surface area contributed by atoms with Crippen LogP contribution in [0.25, 0.3) is 0 Å². The summed E-state index contributed by atoms with van der Waals surface area (Å²) in [7, 11) is -4.10. The molecule has 144 valence electrons. The Balaban J connectivity index is 2.08. The summed E-state index contributed by atoms with van der Waals surface area (Å²) in [5.74, 6) is -2.22. The van der Waals surface area contributed by atoms with E-state index < -0.39 is 44.7 Å². The van der Waals surface area contributed by atoms with Gasteiger partial charge in [0.15, 0.2) is 12.4 Å². The standard InChI is InChI=1S/C19H20FNO5S/c1-3-12(2)13-4-6-14(7-5-13)18(22)11-26-19(23)16-10-15(27(21,24)25)8-9-17(16)20/h4-10,12H,3,11H2,1-2H3,(H2,21,24,25)/t12-/m1/s1. The summed E-state index contributed by atoms with van der Waals surface area (Å²) in [5, 5.41) is 4.96. The zero-order chi connectivity index (χ0) is 20.2. The van der Waals surface area contributed by atoms with Gasteiger partial charge in [-0.25, -0.2) is 22.7 Å². The van der Waals surface area contributed by atoms with E-state index in [9.17, 15) is 22.4 Å². The van der Waals surface area contributed by atoms with Crippen molar-refractivity contribution in [2.24, 2.45) is 5.14 Å². The largest absolute Gasteiger partial charge is 0.454 e. The van der Waals surface area contributed by atoms with Crippen molar-refractivity contribution in [2.75, 3.05) is 6.61 Å². The molecule has 0 saturated carbocycles. The van der Waals surface area contributed by atoms with Crippen molar-refractivity contribution in [2.45, 2.75) is 31.1 Å². The molecule has 6 nitrogen and oxygen atoms in total. The van der Waals surface area contributed by atoms with E-state index >= 15 is 0 Å². The smallest absolute Gasteiger partial charge is 0.341 e. The van der Waals surface area contributed by atoms with Crippen LogP contribution in [0, 0.1) is 5.82 Å². The van der Waals surface area contributed by atoms with Crippen LogP contribution in [0.5, 0.6) is 0 Å². The summed E-state index contributed by atoms with van der Waals surface area (Å²) in [5.41, 5.74) is 0.836. The maximum atomic E-state index is 13.8. The zero-order valence-electron chi connectivity index (χ0n) is 14.9. The van der Waals surface area contributed by atoms with Gasteiger partial charge in [0.25, 0.3) is 0 Å². The molecule has 2 N–H and O–H groups in total. The van der Waals surface area contributed by atoms with Crippen molar-refractivity contribution < 1.29 is 27.1 Å². The molecule has 0 spiro atoms. The summed E-state index contributed by atoms with van der Waals surface area (Å²) in [6.07, 6.45) is 0.966. The minimum absolute atomic E-state index is 0.355. The van der Waals surface area contributed by atoms with Gasteiger partial charge >= 0.3 is 5.97 Å². The van der Waals surface area contributed by atoms with E-state index in [0.717, 1.165) is 30.2 Å². The van der Waals surface area contributed by atoms with Crippen LogP contribution >= 0.6 is 0 Å². The molecule has 0 aliphatic heterocycles. The molecule has 0 aromatic heterocycles. The van der Waals surface area contributed by atoms with Crippen molar-refractivity contribution in [3.8, 4) is 0 Å². The Hall–Kier alpha value is -2.58. The fraction of sp³-hybridized carbons (Fsp3) is 0.263. The number of esters is 1. The first-order valence-corrected chi connectivity index (χ1v) is 9.80. The van der Waals surface area contributed by atoms with Crippen LogP contribution in [0.1, 0.15) is 52.5 Å². The van der Waals surface area contributed by atoms with Crippen molar-refractivity contribution in [3.63, 3.8) is 0 Å². The van der Waals surface area contributed by atoms with Gasteiger partial charge < -0.3 is 4.74 Å². The lowest BCUT2D eigenvalue weighted by Gasteiger charge is -2.10. The molecule has 0 unspecified atom stereocenters. The average molecular weight is 393 g/mol. The summed E-state index contributed by atoms with van der Waals surface area (Å²) in [4.78, 5) is 23.7. The van der Waals surface area contributed by atoms with Gasteiger partial charge in [0, 0.05) is 5.56 Å². The maximum absolute atomic E-state index is 13.8. The maximum Gasteiger partial charge on any atom is 0.341 e. The second-order valence-corrected chi connectivity index (χ2v) is 7.68. The van der Waals surface area contributed by atoms with Crippen molar-refractivity contribution in [1.29, 1.82) is 0 Å². The number of benzene rings is 2. The highest BCUT2D eigenvalue weighted by Gasteiger charge is 2.19. The summed E-state index contributed by atoms with van der Waals surface area (Å²) >= 11 is 0. The van der Waals surface area contributed by atoms with Crippen LogP contribution in [-0.2, 0) is 14.8 Å². The van der Waals surface area contributed by atoms with Gasteiger partial charge in [-0.1, -0.05) is 38.1 Å². The number of ketones is 1. The van der Waals surface area contributed by atoms with E-state index in [2.05, 4.69) is 13.8 Å². The van der Waals surface area contributed by atoms with Crippen LogP contribution < -0.4 is 5.14 Å². The van der Waals surface area contributed by atoms with E-state index in [4.69, 9.17) is 9.88 Å². The molecule has 0 bridgehead atoms. The third kappa shape index (κ3) is 5.21. The number of nitrogens with two attached hydrogens (primary N) is 1. The van der Waals surface area contributed by atoms with Gasteiger partial charge in [0.2, 0.25) is 10.0 Å². The number of carbonyl (C=O) groups excluding carboxylic acids is 2. The lowest BCUT2D eigenvalue weighted by atomic mass is 9.97. The van der Waals surface area contributed by atoms with Gasteiger partial charge in [-0.2, -0.15) is 0 Å². The number of sulfonamides is 1. The first-order valence-electron chi connectivity index (χ1n) is 8.26. The Morgan fingerprint density at radius 1 is 1.15 bits per heavy atom. The first kappa shape index (κ1) is 20.7. The fourth-order valence-corrected chi connectivity index (χ4v) is 2.90. The molecule has 0 radical (unpaired) electrons. The molecule has 1 atom stereocenters. The monoisotopic (exact) mass is 393 g/mol. The molecule has 27 heavy (non-hydrogen) atoms. The first-order chi connectivity index (χ1) is 12.6. The molecular weight excluding hydrogens is 373 g/mol. The Morgan fingerprint density at radius 3 is 2.33 bits per heavy atom. The Kier molecular flexibility index (Phi) is 6.45. The number of primary sulfonamides is 1. The number of carbonyl (C=O) groups is 2. The third-order valence-corrected chi connectivity index (χ3v) is 5.15. The van der Waals surface area contributed by atoms with Crippen molar-refractivity contribution >= 4 is 21.8 Å². The minimum Gasteiger partial charge on any atom is -0.454 e. The molecule has 2 aromatic rings. The molecule has 0 heterocycles. The highest BCUT2D eigenvalue weighted by Crippen LogP contribution is 2.19. The fourth-order valence-electron chi connectivity index (χ4n) is 2.36. The summed E-state index contributed by atoms with van der Waals surface area (Å²) in [6, 6.07) is 9.45. The minimum atomic E-state index is -4.10. The molecule has 0 amide bonds. The molecule has 8 heteroatoms. The van der Waals surface area contributed by atoms with Crippen LogP contribution in [-0.4, -0.2) is 26.8 Å². The highest BCUT2D eigenvalue weighted by atomic mass is 32.2. The Morgan fingerprint density at radius 2 is 1.78 bits per heavy atom. The number of halogens is 1. The predicted octanol–water partition coefficient (Wildman–Crippen LogP) is 3.03.